The summed E-state index contributed by atoms with van der Waals surface area (Å²) in [7, 11) is 0. The Morgan fingerprint density at radius 1 is 1.21 bits per heavy atom. The summed E-state index contributed by atoms with van der Waals surface area (Å²) in [5, 5.41) is 19.8. The number of aliphatic hydroxyl groups excluding tert-OH is 1. The molecule has 0 aromatic heterocycles. The molecule has 1 saturated carbocycles. The second-order valence-electron chi connectivity index (χ2n) is 12.5. The molecule has 2 aliphatic heterocycles. The molecule has 3 aliphatic rings. The second-order valence-corrected chi connectivity index (χ2v) is 13.4. The van der Waals surface area contributed by atoms with E-state index in [4.69, 9.17) is 23.2 Å². The predicted molar refractivity (Wildman–Crippen MR) is 152 cm³/mol. The first-order valence-electron chi connectivity index (χ1n) is 13.7. The van der Waals surface area contributed by atoms with E-state index in [-0.39, 0.29) is 28.4 Å². The number of fused-ring (bicyclic) bond motifs is 2. The fourth-order valence-electron chi connectivity index (χ4n) is 6.95. The van der Waals surface area contributed by atoms with E-state index in [2.05, 4.69) is 36.7 Å². The van der Waals surface area contributed by atoms with Crippen molar-refractivity contribution in [2.45, 2.75) is 82.4 Å². The maximum absolute atomic E-state index is 15.0. The monoisotopic (exact) mass is 575 g/mol. The molecular weight excluding hydrogens is 540 g/mol. The van der Waals surface area contributed by atoms with Crippen molar-refractivity contribution in [2.75, 3.05) is 11.9 Å². The van der Waals surface area contributed by atoms with Crippen molar-refractivity contribution in [3.8, 4) is 0 Å². The molecule has 4 N–H and O–H groups in total. The molecule has 0 unspecified atom stereocenters. The first-order chi connectivity index (χ1) is 18.4. The van der Waals surface area contributed by atoms with Crippen LogP contribution >= 0.6 is 23.2 Å². The molecule has 9 heteroatoms. The Balaban J connectivity index is 1.58. The van der Waals surface area contributed by atoms with Gasteiger partial charge in [0.2, 0.25) is 11.8 Å². The summed E-state index contributed by atoms with van der Waals surface area (Å²) in [4.78, 5) is 28.0. The van der Waals surface area contributed by atoms with Crippen molar-refractivity contribution in [3.05, 3.63) is 63.4 Å². The standard InChI is InChI=1S/C30H36Cl2FN3O3/c1-29(2,3)15-24-30(20-13-22(33)21(32)14-23(20)35-28(30)39)25(17-5-4-6-18(31)12-17)26(36-24)27(38)34-10-9-16-7-8-19(37)11-16/h4-6,12-14,16,19,24-26,36-37H,7-11,15H2,1-3H3,(H,34,38)(H,35,39)/t16-,19-,24+,25-,26+,30-/m0/s1. The van der Waals surface area contributed by atoms with Crippen molar-refractivity contribution in [2.24, 2.45) is 11.3 Å². The van der Waals surface area contributed by atoms with Gasteiger partial charge in [-0.1, -0.05) is 56.1 Å². The number of anilines is 1. The zero-order valence-electron chi connectivity index (χ0n) is 22.5. The normalized spacial score (nSPS) is 30.0. The Bertz CT molecular complexity index is 1280. The van der Waals surface area contributed by atoms with Gasteiger partial charge in [-0.05, 0) is 78.8 Å². The number of hydrogen-bond acceptors (Lipinski definition) is 4. The van der Waals surface area contributed by atoms with E-state index in [1.165, 1.54) is 12.1 Å². The number of carbonyl (C=O) groups excluding carboxylic acids is 2. The van der Waals surface area contributed by atoms with Crippen LogP contribution in [-0.2, 0) is 15.0 Å². The third-order valence-corrected chi connectivity index (χ3v) is 9.08. The molecule has 2 aromatic rings. The molecule has 2 heterocycles. The van der Waals surface area contributed by atoms with Crippen LogP contribution in [0, 0.1) is 17.2 Å². The van der Waals surface area contributed by atoms with Crippen molar-refractivity contribution in [1.82, 2.24) is 10.6 Å². The summed E-state index contributed by atoms with van der Waals surface area (Å²) in [5.74, 6) is -1.40. The number of hydrogen-bond donors (Lipinski definition) is 4. The molecule has 2 amide bonds. The highest BCUT2D eigenvalue weighted by Crippen LogP contribution is 2.57. The lowest BCUT2D eigenvalue weighted by atomic mass is 9.62. The van der Waals surface area contributed by atoms with Gasteiger partial charge in [0.1, 0.15) is 11.2 Å². The minimum absolute atomic E-state index is 0.0740. The van der Waals surface area contributed by atoms with E-state index in [1.807, 2.05) is 6.07 Å². The zero-order chi connectivity index (χ0) is 28.1. The Hall–Kier alpha value is -2.19. The van der Waals surface area contributed by atoms with Crippen LogP contribution in [0.3, 0.4) is 0 Å². The number of halogens is 3. The van der Waals surface area contributed by atoms with E-state index in [0.717, 1.165) is 31.2 Å². The first-order valence-corrected chi connectivity index (χ1v) is 14.4. The van der Waals surface area contributed by atoms with Crippen LogP contribution in [0.15, 0.2) is 36.4 Å². The van der Waals surface area contributed by atoms with Gasteiger partial charge in [0.05, 0.1) is 17.2 Å². The summed E-state index contributed by atoms with van der Waals surface area (Å²) in [5.41, 5.74) is 0.211. The van der Waals surface area contributed by atoms with Crippen LogP contribution in [0.2, 0.25) is 10.0 Å². The van der Waals surface area contributed by atoms with Crippen LogP contribution in [0.5, 0.6) is 0 Å². The Labute approximate surface area is 239 Å². The Kier molecular flexibility index (Phi) is 7.74. The molecule has 0 bridgehead atoms. The van der Waals surface area contributed by atoms with Gasteiger partial charge < -0.3 is 21.1 Å². The van der Waals surface area contributed by atoms with Crippen LogP contribution in [0.25, 0.3) is 0 Å². The molecule has 2 aromatic carbocycles. The maximum atomic E-state index is 15.0. The van der Waals surface area contributed by atoms with Gasteiger partial charge in [0, 0.05) is 29.2 Å². The number of nitrogens with one attached hydrogen (secondary N) is 3. The Morgan fingerprint density at radius 2 is 1.97 bits per heavy atom. The molecule has 39 heavy (non-hydrogen) atoms. The van der Waals surface area contributed by atoms with Gasteiger partial charge in [-0.25, -0.2) is 4.39 Å². The molecule has 0 radical (unpaired) electrons. The summed E-state index contributed by atoms with van der Waals surface area (Å²) < 4.78 is 15.0. The average molecular weight is 577 g/mol. The predicted octanol–water partition coefficient (Wildman–Crippen LogP) is 5.55. The number of carbonyl (C=O) groups is 2. The molecule has 6 nitrogen and oxygen atoms in total. The molecule has 6 atom stereocenters. The molecule has 1 aliphatic carbocycles. The van der Waals surface area contributed by atoms with E-state index >= 15 is 0 Å². The summed E-state index contributed by atoms with van der Waals surface area (Å²) in [6.45, 7) is 6.71. The van der Waals surface area contributed by atoms with Gasteiger partial charge in [-0.15, -0.1) is 0 Å². The van der Waals surface area contributed by atoms with Gasteiger partial charge in [-0.3, -0.25) is 9.59 Å². The summed E-state index contributed by atoms with van der Waals surface area (Å²) in [6.07, 6.45) is 3.58. The van der Waals surface area contributed by atoms with Crippen LogP contribution < -0.4 is 16.0 Å². The van der Waals surface area contributed by atoms with E-state index < -0.39 is 29.2 Å². The highest BCUT2D eigenvalue weighted by atomic mass is 35.5. The van der Waals surface area contributed by atoms with Gasteiger partial charge in [-0.2, -0.15) is 0 Å². The number of amides is 2. The summed E-state index contributed by atoms with van der Waals surface area (Å²) in [6, 6.07) is 8.77. The highest BCUT2D eigenvalue weighted by molar-refractivity contribution is 6.31. The van der Waals surface area contributed by atoms with Crippen molar-refractivity contribution < 1.29 is 19.1 Å². The second kappa shape index (κ2) is 10.7. The molecule has 1 spiro atoms. The minimum atomic E-state index is -1.27. The average Bonchev–Trinajstić information content (AvgIpc) is 3.49. The van der Waals surface area contributed by atoms with Crippen LogP contribution in [0.4, 0.5) is 10.1 Å². The number of aliphatic hydroxyl groups is 1. The SMILES string of the molecule is CC(C)(C)C[C@H]1N[C@@H](C(=O)NCC[C@@H]2CC[C@H](O)C2)[C@H](c2cccc(Cl)c2)[C@@]12C(=O)Nc1cc(Cl)c(F)cc12. The van der Waals surface area contributed by atoms with Crippen molar-refractivity contribution in [1.29, 1.82) is 0 Å². The zero-order valence-corrected chi connectivity index (χ0v) is 24.0. The molecular formula is C30H36Cl2FN3O3. The van der Waals surface area contributed by atoms with Crippen molar-refractivity contribution >= 4 is 40.7 Å². The lowest BCUT2D eigenvalue weighted by Crippen LogP contribution is -2.49. The quantitative estimate of drug-likeness (QED) is 0.363. The lowest BCUT2D eigenvalue weighted by molar-refractivity contribution is -0.123. The molecule has 2 fully saturated rings. The lowest BCUT2D eigenvalue weighted by Gasteiger charge is -2.37. The fraction of sp³-hybridized carbons (Fsp3) is 0.533. The fourth-order valence-corrected chi connectivity index (χ4v) is 7.32. The van der Waals surface area contributed by atoms with E-state index in [9.17, 15) is 19.1 Å². The smallest absolute Gasteiger partial charge is 0.237 e. The minimum Gasteiger partial charge on any atom is -0.393 e. The van der Waals surface area contributed by atoms with Gasteiger partial charge in [0.15, 0.2) is 0 Å². The van der Waals surface area contributed by atoms with E-state index in [1.54, 1.807) is 18.2 Å². The number of benzene rings is 2. The van der Waals surface area contributed by atoms with Gasteiger partial charge >= 0.3 is 0 Å². The molecule has 1 saturated heterocycles. The van der Waals surface area contributed by atoms with E-state index in [0.29, 0.717) is 35.2 Å². The Morgan fingerprint density at radius 3 is 2.64 bits per heavy atom. The maximum Gasteiger partial charge on any atom is 0.237 e. The largest absolute Gasteiger partial charge is 0.393 e. The van der Waals surface area contributed by atoms with Gasteiger partial charge in [0.25, 0.3) is 0 Å². The molecule has 210 valence electrons. The summed E-state index contributed by atoms with van der Waals surface area (Å²) >= 11 is 12.5. The van der Waals surface area contributed by atoms with Crippen molar-refractivity contribution in [3.63, 3.8) is 0 Å². The molecule has 5 rings (SSSR count). The number of rotatable bonds is 6. The van der Waals surface area contributed by atoms with Crippen LogP contribution in [0.1, 0.15) is 69.9 Å². The topological polar surface area (TPSA) is 90.5 Å². The first kappa shape index (κ1) is 28.3. The third-order valence-electron chi connectivity index (χ3n) is 8.56. The third kappa shape index (κ3) is 5.31. The highest BCUT2D eigenvalue weighted by Gasteiger charge is 2.65. The van der Waals surface area contributed by atoms with Crippen LogP contribution in [-0.4, -0.2) is 41.7 Å².